The van der Waals surface area contributed by atoms with Gasteiger partial charge in [0.15, 0.2) is 4.34 Å². The first-order chi connectivity index (χ1) is 11.9. The van der Waals surface area contributed by atoms with E-state index in [1.165, 1.54) is 48.1 Å². The summed E-state index contributed by atoms with van der Waals surface area (Å²) in [4.78, 5) is 27.1. The van der Waals surface area contributed by atoms with Crippen LogP contribution in [0.3, 0.4) is 0 Å². The summed E-state index contributed by atoms with van der Waals surface area (Å²) in [5.41, 5.74) is 0.791. The summed E-state index contributed by atoms with van der Waals surface area (Å²) in [6, 6.07) is 4.89. The van der Waals surface area contributed by atoms with Crippen LogP contribution in [-0.2, 0) is 4.79 Å². The number of fused-ring (bicyclic) bond motifs is 1. The molecular formula is C17H21N3O3S2. The Morgan fingerprint density at radius 1 is 1.44 bits per heavy atom. The normalized spacial score (nSPS) is 23.5. The first-order valence-corrected chi connectivity index (χ1v) is 10.2. The van der Waals surface area contributed by atoms with Gasteiger partial charge in [0.25, 0.3) is 5.69 Å². The van der Waals surface area contributed by atoms with Crippen molar-refractivity contribution < 1.29 is 9.72 Å². The Morgan fingerprint density at radius 2 is 2.24 bits per heavy atom. The number of amides is 1. The largest absolute Gasteiger partial charge is 0.352 e. The highest BCUT2D eigenvalue weighted by Gasteiger charge is 2.28. The van der Waals surface area contributed by atoms with Gasteiger partial charge in [-0.05, 0) is 24.3 Å². The number of thiazole rings is 1. The molecule has 1 N–H and O–H groups in total. The molecule has 1 amide bonds. The number of carbonyl (C=O) groups excluding carboxylic acids is 1. The van der Waals surface area contributed by atoms with E-state index in [0.29, 0.717) is 17.6 Å². The van der Waals surface area contributed by atoms with Gasteiger partial charge in [-0.2, -0.15) is 0 Å². The maximum Gasteiger partial charge on any atom is 0.270 e. The lowest BCUT2D eigenvalue weighted by Gasteiger charge is -2.34. The lowest BCUT2D eigenvalue weighted by molar-refractivity contribution is -0.384. The third-order valence-corrected chi connectivity index (χ3v) is 7.10. The number of carbonyl (C=O) groups is 1. The highest BCUT2D eigenvalue weighted by molar-refractivity contribution is 8.01. The van der Waals surface area contributed by atoms with Gasteiger partial charge in [0.2, 0.25) is 5.91 Å². The molecule has 1 aliphatic rings. The molecule has 1 heterocycles. The van der Waals surface area contributed by atoms with Gasteiger partial charge in [0, 0.05) is 18.2 Å². The molecule has 134 valence electrons. The molecule has 3 atom stereocenters. The average Bonchev–Trinajstić information content (AvgIpc) is 2.99. The van der Waals surface area contributed by atoms with Crippen molar-refractivity contribution in [3.63, 3.8) is 0 Å². The van der Waals surface area contributed by atoms with Crippen LogP contribution in [0.2, 0.25) is 0 Å². The van der Waals surface area contributed by atoms with Crippen molar-refractivity contribution in [2.24, 2.45) is 11.8 Å². The molecule has 3 rings (SSSR count). The Kier molecular flexibility index (Phi) is 5.58. The monoisotopic (exact) mass is 379 g/mol. The van der Waals surface area contributed by atoms with Crippen LogP contribution in [0.4, 0.5) is 5.69 Å². The molecule has 6 nitrogen and oxygen atoms in total. The maximum absolute atomic E-state index is 12.3. The van der Waals surface area contributed by atoms with Crippen LogP contribution in [0.25, 0.3) is 10.2 Å². The van der Waals surface area contributed by atoms with E-state index in [2.05, 4.69) is 24.1 Å². The van der Waals surface area contributed by atoms with Gasteiger partial charge in [-0.15, -0.1) is 11.3 Å². The number of aromatic nitrogens is 1. The van der Waals surface area contributed by atoms with Crippen LogP contribution in [-0.4, -0.2) is 27.6 Å². The number of hydrogen-bond donors (Lipinski definition) is 1. The zero-order valence-electron chi connectivity index (χ0n) is 14.2. The predicted molar refractivity (Wildman–Crippen MR) is 101 cm³/mol. The van der Waals surface area contributed by atoms with E-state index in [1.54, 1.807) is 6.07 Å². The molecule has 0 saturated heterocycles. The third kappa shape index (κ3) is 4.30. The fraction of sp³-hybridized carbons (Fsp3) is 0.529. The number of thioether (sulfide) groups is 1. The Hall–Kier alpha value is -1.67. The molecule has 1 fully saturated rings. The van der Waals surface area contributed by atoms with Crippen molar-refractivity contribution in [3.8, 4) is 0 Å². The second-order valence-corrected chi connectivity index (χ2v) is 8.87. The minimum Gasteiger partial charge on any atom is -0.352 e. The van der Waals surface area contributed by atoms with Crippen LogP contribution < -0.4 is 5.32 Å². The number of nitro benzene ring substituents is 1. The summed E-state index contributed by atoms with van der Waals surface area (Å²) in [5.74, 6) is 1.50. The van der Waals surface area contributed by atoms with Gasteiger partial charge in [-0.3, -0.25) is 14.9 Å². The van der Waals surface area contributed by atoms with E-state index in [0.717, 1.165) is 21.0 Å². The fourth-order valence-corrected chi connectivity index (χ4v) is 5.14. The molecule has 1 aliphatic carbocycles. The molecule has 0 radical (unpaired) electrons. The van der Waals surface area contributed by atoms with Gasteiger partial charge < -0.3 is 5.32 Å². The molecule has 25 heavy (non-hydrogen) atoms. The molecule has 0 spiro atoms. The maximum atomic E-state index is 12.3. The number of rotatable bonds is 5. The van der Waals surface area contributed by atoms with E-state index in [4.69, 9.17) is 0 Å². The molecule has 1 aromatic heterocycles. The van der Waals surface area contributed by atoms with Crippen molar-refractivity contribution in [3.05, 3.63) is 28.3 Å². The number of nitrogens with one attached hydrogen (secondary N) is 1. The zero-order valence-corrected chi connectivity index (χ0v) is 15.9. The van der Waals surface area contributed by atoms with Crippen LogP contribution in [0.1, 0.15) is 33.1 Å². The number of nitro groups is 1. The van der Waals surface area contributed by atoms with Gasteiger partial charge in [-0.25, -0.2) is 4.98 Å². The van der Waals surface area contributed by atoms with E-state index in [1.807, 2.05) is 0 Å². The molecule has 0 unspecified atom stereocenters. The van der Waals surface area contributed by atoms with Gasteiger partial charge in [0.05, 0.1) is 20.9 Å². The molecular weight excluding hydrogens is 358 g/mol. The third-order valence-electron chi connectivity index (χ3n) is 4.94. The Labute approximate surface area is 154 Å². The van der Waals surface area contributed by atoms with Gasteiger partial charge >= 0.3 is 0 Å². The van der Waals surface area contributed by atoms with Crippen molar-refractivity contribution in [1.82, 2.24) is 10.3 Å². The molecule has 8 heteroatoms. The number of hydrogen-bond acceptors (Lipinski definition) is 6. The smallest absolute Gasteiger partial charge is 0.270 e. The summed E-state index contributed by atoms with van der Waals surface area (Å²) >= 11 is 2.77. The minimum atomic E-state index is -0.411. The Balaban J connectivity index is 1.58. The molecule has 0 bridgehead atoms. The standard InChI is InChI=1S/C17H21N3O3S2/c1-10-4-3-5-13(11(10)2)18-16(21)9-24-17-19-14-7-6-12(20(22)23)8-15(14)25-17/h6-8,10-11,13H,3-5,9H2,1-2H3,(H,18,21)/t10-,11+,13-/m1/s1. The fourth-order valence-electron chi connectivity index (χ4n) is 3.23. The highest BCUT2D eigenvalue weighted by Crippen LogP contribution is 2.32. The topological polar surface area (TPSA) is 85.1 Å². The Bertz CT molecular complexity index is 793. The number of nitrogens with zero attached hydrogens (tertiary/aromatic N) is 2. The second-order valence-electron chi connectivity index (χ2n) is 6.62. The minimum absolute atomic E-state index is 0.0289. The molecule has 0 aliphatic heterocycles. The van der Waals surface area contributed by atoms with E-state index in [-0.39, 0.29) is 17.6 Å². The average molecular weight is 380 g/mol. The summed E-state index contributed by atoms with van der Waals surface area (Å²) in [5, 5.41) is 14.0. The summed E-state index contributed by atoms with van der Waals surface area (Å²) in [6.07, 6.45) is 3.45. The lowest BCUT2D eigenvalue weighted by Crippen LogP contribution is -2.44. The van der Waals surface area contributed by atoms with Crippen LogP contribution in [0.15, 0.2) is 22.5 Å². The first-order valence-electron chi connectivity index (χ1n) is 8.41. The lowest BCUT2D eigenvalue weighted by atomic mass is 9.78. The van der Waals surface area contributed by atoms with Crippen LogP contribution in [0.5, 0.6) is 0 Å². The highest BCUT2D eigenvalue weighted by atomic mass is 32.2. The van der Waals surface area contributed by atoms with E-state index in [9.17, 15) is 14.9 Å². The molecule has 1 aromatic carbocycles. The van der Waals surface area contributed by atoms with Crippen LogP contribution >= 0.6 is 23.1 Å². The van der Waals surface area contributed by atoms with E-state index < -0.39 is 4.92 Å². The SMILES string of the molecule is C[C@H]1[C@H](C)CCC[C@H]1NC(=O)CSc1nc2ccc([N+](=O)[O-])cc2s1. The molecule has 1 saturated carbocycles. The van der Waals surface area contributed by atoms with E-state index >= 15 is 0 Å². The van der Waals surface area contributed by atoms with Crippen LogP contribution in [0, 0.1) is 22.0 Å². The summed E-state index contributed by atoms with van der Waals surface area (Å²) in [7, 11) is 0. The Morgan fingerprint density at radius 3 is 3.00 bits per heavy atom. The summed E-state index contributed by atoms with van der Waals surface area (Å²) < 4.78 is 1.53. The molecule has 2 aromatic rings. The van der Waals surface area contributed by atoms with Gasteiger partial charge in [-0.1, -0.05) is 38.5 Å². The van der Waals surface area contributed by atoms with Crippen molar-refractivity contribution in [2.75, 3.05) is 5.75 Å². The zero-order chi connectivity index (χ0) is 18.0. The second kappa shape index (κ2) is 7.70. The van der Waals surface area contributed by atoms with Crippen molar-refractivity contribution >= 4 is 44.9 Å². The number of non-ortho nitro benzene ring substituents is 1. The van der Waals surface area contributed by atoms with Gasteiger partial charge in [0.1, 0.15) is 0 Å². The van der Waals surface area contributed by atoms with Crippen molar-refractivity contribution in [2.45, 2.75) is 43.5 Å². The van der Waals surface area contributed by atoms with Crippen molar-refractivity contribution in [1.29, 1.82) is 0 Å². The summed E-state index contributed by atoms with van der Waals surface area (Å²) in [6.45, 7) is 4.46. The quantitative estimate of drug-likeness (QED) is 0.477. The first kappa shape index (κ1) is 18.1. The predicted octanol–water partition coefficient (Wildman–Crippen LogP) is 4.24. The number of benzene rings is 1.